The summed E-state index contributed by atoms with van der Waals surface area (Å²) < 4.78 is 5.48. The topological polar surface area (TPSA) is 26.3 Å². The quantitative estimate of drug-likeness (QED) is 0.665. The first kappa shape index (κ1) is 12.1. The largest absolute Gasteiger partial charge is 0.494 e. The molecule has 0 unspecified atom stereocenters. The van der Waals surface area contributed by atoms with Gasteiger partial charge in [-0.1, -0.05) is 11.6 Å². The summed E-state index contributed by atoms with van der Waals surface area (Å²) >= 11 is 5.74. The molecule has 0 N–H and O–H groups in total. The molecule has 0 aliphatic carbocycles. The van der Waals surface area contributed by atoms with E-state index in [-0.39, 0.29) is 0 Å². The van der Waals surface area contributed by atoms with Crippen LogP contribution in [0.25, 0.3) is 0 Å². The van der Waals surface area contributed by atoms with E-state index in [2.05, 4.69) is 0 Å². The van der Waals surface area contributed by atoms with Crippen LogP contribution in [0.15, 0.2) is 24.3 Å². The monoisotopic (exact) mass is 225 g/mol. The molecule has 0 fully saturated rings. The summed E-state index contributed by atoms with van der Waals surface area (Å²) in [6.07, 6.45) is 5.27. The third-order valence-corrected chi connectivity index (χ3v) is 2.26. The summed E-state index contributed by atoms with van der Waals surface area (Å²) in [5.41, 5.74) is 0. The van der Waals surface area contributed by atoms with E-state index < -0.39 is 0 Å². The summed E-state index contributed by atoms with van der Waals surface area (Å²) in [7, 11) is 0. The zero-order valence-electron chi connectivity index (χ0n) is 8.54. The maximum Gasteiger partial charge on any atom is 0.198 e. The molecule has 0 aromatic heterocycles. The molecule has 0 heterocycles. The van der Waals surface area contributed by atoms with Crippen molar-refractivity contribution >= 4 is 17.9 Å². The van der Waals surface area contributed by atoms with E-state index in [1.165, 1.54) is 0 Å². The molecule has 0 saturated heterocycles. The molecule has 3 heteroatoms. The highest BCUT2D eigenvalue weighted by Crippen LogP contribution is 2.15. The zero-order chi connectivity index (χ0) is 10.9. The number of unbranched alkanes of at least 4 members (excludes halogenated alkanes) is 3. The molecule has 0 spiro atoms. The molecule has 1 aromatic rings. The maximum absolute atomic E-state index is 9.92. The predicted octanol–water partition coefficient (Wildman–Crippen LogP) is 3.39. The SMILES string of the molecule is O=[C]CCCCCOc1ccc(Cl)cc1. The summed E-state index contributed by atoms with van der Waals surface area (Å²) in [5, 5.41) is 0.712. The molecular formula is C12H14ClO2. The minimum atomic E-state index is 0.529. The first-order valence-electron chi connectivity index (χ1n) is 5.06. The van der Waals surface area contributed by atoms with Crippen LogP contribution in [0.5, 0.6) is 5.75 Å². The fraction of sp³-hybridized carbons (Fsp3) is 0.417. The van der Waals surface area contributed by atoms with Gasteiger partial charge in [0.2, 0.25) is 0 Å². The normalized spacial score (nSPS) is 9.93. The molecule has 0 amide bonds. The standard InChI is InChI=1S/C12H14ClO2/c13-11-5-7-12(8-6-11)15-10-4-2-1-3-9-14/h5-8H,1-4,10H2. The Bertz CT molecular complexity index is 282. The van der Waals surface area contributed by atoms with E-state index in [1.54, 1.807) is 12.1 Å². The van der Waals surface area contributed by atoms with Crippen molar-refractivity contribution in [2.45, 2.75) is 25.7 Å². The molecule has 0 aliphatic rings. The first-order valence-corrected chi connectivity index (χ1v) is 5.44. The van der Waals surface area contributed by atoms with Crippen LogP contribution in [0.4, 0.5) is 0 Å². The molecule has 0 bridgehead atoms. The number of benzene rings is 1. The Balaban J connectivity index is 2.09. The van der Waals surface area contributed by atoms with E-state index in [0.717, 1.165) is 25.0 Å². The van der Waals surface area contributed by atoms with E-state index in [9.17, 15) is 4.79 Å². The van der Waals surface area contributed by atoms with Crippen LogP contribution in [0.2, 0.25) is 5.02 Å². The van der Waals surface area contributed by atoms with E-state index in [0.29, 0.717) is 18.1 Å². The highest BCUT2D eigenvalue weighted by Gasteiger charge is 1.94. The highest BCUT2D eigenvalue weighted by atomic mass is 35.5. The van der Waals surface area contributed by atoms with Gasteiger partial charge in [-0.3, -0.25) is 4.79 Å². The Morgan fingerprint density at radius 2 is 1.87 bits per heavy atom. The summed E-state index contributed by atoms with van der Waals surface area (Å²) in [5.74, 6) is 0.835. The van der Waals surface area contributed by atoms with Crippen molar-refractivity contribution in [3.8, 4) is 5.75 Å². The van der Waals surface area contributed by atoms with Crippen molar-refractivity contribution in [2.24, 2.45) is 0 Å². The van der Waals surface area contributed by atoms with Gasteiger partial charge in [-0.15, -0.1) is 0 Å². The molecule has 1 aromatic carbocycles. The van der Waals surface area contributed by atoms with Gasteiger partial charge >= 0.3 is 0 Å². The summed E-state index contributed by atoms with van der Waals surface area (Å²) in [4.78, 5) is 9.92. The Morgan fingerprint density at radius 3 is 2.53 bits per heavy atom. The highest BCUT2D eigenvalue weighted by molar-refractivity contribution is 6.30. The van der Waals surface area contributed by atoms with Crippen LogP contribution in [0, 0.1) is 0 Å². The Hall–Kier alpha value is -1.02. The number of ether oxygens (including phenoxy) is 1. The van der Waals surface area contributed by atoms with Crippen molar-refractivity contribution in [2.75, 3.05) is 6.61 Å². The summed E-state index contributed by atoms with van der Waals surface area (Å²) in [6, 6.07) is 7.31. The van der Waals surface area contributed by atoms with Gasteiger partial charge in [0, 0.05) is 11.4 Å². The third kappa shape index (κ3) is 5.43. The second-order valence-corrected chi connectivity index (χ2v) is 3.69. The average molecular weight is 226 g/mol. The fourth-order valence-corrected chi connectivity index (χ4v) is 1.32. The lowest BCUT2D eigenvalue weighted by molar-refractivity contribution is 0.305. The number of halogens is 1. The van der Waals surface area contributed by atoms with Crippen molar-refractivity contribution < 1.29 is 9.53 Å². The van der Waals surface area contributed by atoms with Crippen LogP contribution in [-0.4, -0.2) is 12.9 Å². The van der Waals surface area contributed by atoms with Crippen LogP contribution in [0.3, 0.4) is 0 Å². The molecular weight excluding hydrogens is 212 g/mol. The molecule has 2 nitrogen and oxygen atoms in total. The van der Waals surface area contributed by atoms with Crippen molar-refractivity contribution in [3.05, 3.63) is 29.3 Å². The Morgan fingerprint density at radius 1 is 1.13 bits per heavy atom. The second-order valence-electron chi connectivity index (χ2n) is 3.26. The van der Waals surface area contributed by atoms with Gasteiger partial charge in [0.25, 0.3) is 0 Å². The van der Waals surface area contributed by atoms with Gasteiger partial charge in [0.05, 0.1) is 6.61 Å². The fourth-order valence-electron chi connectivity index (χ4n) is 1.20. The van der Waals surface area contributed by atoms with Gasteiger partial charge in [-0.05, 0) is 43.5 Å². The zero-order valence-corrected chi connectivity index (χ0v) is 9.30. The average Bonchev–Trinajstić information content (AvgIpc) is 2.26. The Labute approximate surface area is 95.2 Å². The maximum atomic E-state index is 9.92. The predicted molar refractivity (Wildman–Crippen MR) is 61.1 cm³/mol. The lowest BCUT2D eigenvalue weighted by atomic mass is 10.2. The van der Waals surface area contributed by atoms with E-state index >= 15 is 0 Å². The molecule has 0 aliphatic heterocycles. The number of hydrogen-bond donors (Lipinski definition) is 0. The number of hydrogen-bond acceptors (Lipinski definition) is 2. The van der Waals surface area contributed by atoms with Crippen molar-refractivity contribution in [3.63, 3.8) is 0 Å². The molecule has 1 radical (unpaired) electrons. The third-order valence-electron chi connectivity index (χ3n) is 2.01. The molecule has 81 valence electrons. The molecule has 15 heavy (non-hydrogen) atoms. The molecule has 0 saturated carbocycles. The van der Waals surface area contributed by atoms with Crippen molar-refractivity contribution in [1.82, 2.24) is 0 Å². The van der Waals surface area contributed by atoms with Crippen LogP contribution >= 0.6 is 11.6 Å². The van der Waals surface area contributed by atoms with Crippen LogP contribution < -0.4 is 4.74 Å². The number of rotatable bonds is 7. The van der Waals surface area contributed by atoms with Gasteiger partial charge in [0.15, 0.2) is 6.29 Å². The molecule has 1 rings (SSSR count). The lowest BCUT2D eigenvalue weighted by Crippen LogP contribution is -1.96. The number of carbonyl (C=O) groups excluding carboxylic acids is 1. The summed E-state index contributed by atoms with van der Waals surface area (Å²) in [6.45, 7) is 0.681. The van der Waals surface area contributed by atoms with E-state index in [4.69, 9.17) is 16.3 Å². The second kappa shape index (κ2) is 7.30. The minimum absolute atomic E-state index is 0.529. The minimum Gasteiger partial charge on any atom is -0.494 e. The van der Waals surface area contributed by atoms with Crippen LogP contribution in [-0.2, 0) is 4.79 Å². The van der Waals surface area contributed by atoms with Crippen molar-refractivity contribution in [1.29, 1.82) is 0 Å². The molecule has 0 atom stereocenters. The lowest BCUT2D eigenvalue weighted by Gasteiger charge is -2.05. The Kier molecular flexibility index (Phi) is 5.86. The van der Waals surface area contributed by atoms with Gasteiger partial charge in [0.1, 0.15) is 5.75 Å². The van der Waals surface area contributed by atoms with Gasteiger partial charge in [-0.2, -0.15) is 0 Å². The smallest absolute Gasteiger partial charge is 0.198 e. The van der Waals surface area contributed by atoms with Crippen LogP contribution in [0.1, 0.15) is 25.7 Å². The van der Waals surface area contributed by atoms with E-state index in [1.807, 2.05) is 18.4 Å². The van der Waals surface area contributed by atoms with Gasteiger partial charge < -0.3 is 4.74 Å². The van der Waals surface area contributed by atoms with Gasteiger partial charge in [-0.25, -0.2) is 0 Å². The first-order chi connectivity index (χ1) is 7.33.